The number of ether oxygens (including phenoxy) is 1. The zero-order chi connectivity index (χ0) is 16.1. The highest BCUT2D eigenvalue weighted by atomic mass is 16.5. The molecule has 1 unspecified atom stereocenters. The van der Waals surface area contributed by atoms with Crippen LogP contribution in [0.1, 0.15) is 41.0 Å². The highest BCUT2D eigenvalue weighted by molar-refractivity contribution is 5.79. The Morgan fingerprint density at radius 3 is 2.19 bits per heavy atom. The van der Waals surface area contributed by atoms with E-state index in [2.05, 4.69) is 55.1 Å². The van der Waals surface area contributed by atoms with E-state index in [0.29, 0.717) is 12.0 Å². The Balaban J connectivity index is 3.94. The van der Waals surface area contributed by atoms with Gasteiger partial charge in [-0.15, -0.1) is 0 Å². The summed E-state index contributed by atoms with van der Waals surface area (Å²) in [6, 6.07) is 0. The third-order valence-corrected chi connectivity index (χ3v) is 3.68. The molecule has 0 aromatic rings. The van der Waals surface area contributed by atoms with Gasteiger partial charge < -0.3 is 20.3 Å². The maximum Gasteiger partial charge on any atom is 0.191 e. The van der Waals surface area contributed by atoms with Crippen molar-refractivity contribution in [2.24, 2.45) is 10.9 Å². The predicted octanol–water partition coefficient (Wildman–Crippen LogP) is 1.94. The van der Waals surface area contributed by atoms with Gasteiger partial charge >= 0.3 is 0 Å². The van der Waals surface area contributed by atoms with Crippen LogP contribution in [-0.2, 0) is 4.74 Å². The molecule has 0 bridgehead atoms. The van der Waals surface area contributed by atoms with Crippen LogP contribution in [0.25, 0.3) is 0 Å². The minimum atomic E-state index is 0.316. The lowest BCUT2D eigenvalue weighted by molar-refractivity contribution is 0.0258. The standard InChI is InChI=1S/C16H36N4O/c1-7-20(8-2)13-12-19-16(17-6)18-11-10-15(14(4)5)21-9-3/h14-15H,7-13H2,1-6H3,(H2,17,18,19). The molecule has 0 rings (SSSR count). The summed E-state index contributed by atoms with van der Waals surface area (Å²) in [4.78, 5) is 6.65. The number of likely N-dealkylation sites (N-methyl/N-ethyl adjacent to an activating group) is 1. The van der Waals surface area contributed by atoms with Crippen LogP contribution in [0.3, 0.4) is 0 Å². The third-order valence-electron chi connectivity index (χ3n) is 3.68. The van der Waals surface area contributed by atoms with Crippen molar-refractivity contribution in [3.8, 4) is 0 Å². The zero-order valence-electron chi connectivity index (χ0n) is 14.9. The molecule has 5 nitrogen and oxygen atoms in total. The van der Waals surface area contributed by atoms with Crippen LogP contribution in [0.2, 0.25) is 0 Å². The van der Waals surface area contributed by atoms with E-state index in [0.717, 1.165) is 51.7 Å². The second kappa shape index (κ2) is 12.9. The molecule has 0 saturated heterocycles. The molecule has 126 valence electrons. The highest BCUT2D eigenvalue weighted by Gasteiger charge is 2.12. The van der Waals surface area contributed by atoms with Gasteiger partial charge in [0, 0.05) is 33.3 Å². The van der Waals surface area contributed by atoms with Crippen molar-refractivity contribution in [2.45, 2.75) is 47.1 Å². The lowest BCUT2D eigenvalue weighted by Crippen LogP contribution is -2.42. The van der Waals surface area contributed by atoms with E-state index in [1.54, 1.807) is 0 Å². The summed E-state index contributed by atoms with van der Waals surface area (Å²) in [5.41, 5.74) is 0. The smallest absolute Gasteiger partial charge is 0.191 e. The van der Waals surface area contributed by atoms with Gasteiger partial charge in [-0.2, -0.15) is 0 Å². The maximum absolute atomic E-state index is 5.75. The van der Waals surface area contributed by atoms with Crippen LogP contribution in [0, 0.1) is 5.92 Å². The van der Waals surface area contributed by atoms with Crippen LogP contribution in [0.15, 0.2) is 4.99 Å². The Morgan fingerprint density at radius 1 is 1.10 bits per heavy atom. The first-order chi connectivity index (χ1) is 10.1. The largest absolute Gasteiger partial charge is 0.378 e. The van der Waals surface area contributed by atoms with Crippen molar-refractivity contribution in [3.63, 3.8) is 0 Å². The molecule has 5 heteroatoms. The van der Waals surface area contributed by atoms with Crippen LogP contribution in [-0.4, -0.2) is 63.3 Å². The summed E-state index contributed by atoms with van der Waals surface area (Å²) in [5.74, 6) is 1.42. The van der Waals surface area contributed by atoms with Crippen LogP contribution < -0.4 is 10.6 Å². The van der Waals surface area contributed by atoms with Gasteiger partial charge in [0.2, 0.25) is 0 Å². The summed E-state index contributed by atoms with van der Waals surface area (Å²) in [7, 11) is 1.81. The lowest BCUT2D eigenvalue weighted by Gasteiger charge is -2.22. The molecule has 2 N–H and O–H groups in total. The van der Waals surface area contributed by atoms with E-state index in [1.165, 1.54) is 0 Å². The van der Waals surface area contributed by atoms with Gasteiger partial charge in [-0.1, -0.05) is 27.7 Å². The van der Waals surface area contributed by atoms with Crippen molar-refractivity contribution in [3.05, 3.63) is 0 Å². The highest BCUT2D eigenvalue weighted by Crippen LogP contribution is 2.09. The average Bonchev–Trinajstić information content (AvgIpc) is 2.48. The van der Waals surface area contributed by atoms with E-state index in [1.807, 2.05) is 7.05 Å². The Kier molecular flexibility index (Phi) is 12.4. The topological polar surface area (TPSA) is 48.9 Å². The molecular weight excluding hydrogens is 264 g/mol. The second-order valence-corrected chi connectivity index (χ2v) is 5.48. The normalized spacial score (nSPS) is 13.8. The van der Waals surface area contributed by atoms with Crippen molar-refractivity contribution >= 4 is 5.96 Å². The van der Waals surface area contributed by atoms with Crippen molar-refractivity contribution in [2.75, 3.05) is 46.4 Å². The van der Waals surface area contributed by atoms with Gasteiger partial charge in [-0.25, -0.2) is 0 Å². The first-order valence-corrected chi connectivity index (χ1v) is 8.37. The number of hydrogen-bond acceptors (Lipinski definition) is 3. The van der Waals surface area contributed by atoms with Crippen molar-refractivity contribution in [1.29, 1.82) is 0 Å². The molecule has 1 atom stereocenters. The number of hydrogen-bond donors (Lipinski definition) is 2. The van der Waals surface area contributed by atoms with Crippen LogP contribution in [0.4, 0.5) is 0 Å². The number of aliphatic imine (C=N–C) groups is 1. The van der Waals surface area contributed by atoms with Gasteiger partial charge in [-0.3, -0.25) is 4.99 Å². The fraction of sp³-hybridized carbons (Fsp3) is 0.938. The molecule has 0 aliphatic carbocycles. The number of rotatable bonds is 11. The molecule has 0 amide bonds. The monoisotopic (exact) mass is 300 g/mol. The molecule has 0 aromatic heterocycles. The maximum atomic E-state index is 5.75. The van der Waals surface area contributed by atoms with E-state index >= 15 is 0 Å². The summed E-state index contributed by atoms with van der Waals surface area (Å²) < 4.78 is 5.75. The molecule has 21 heavy (non-hydrogen) atoms. The lowest BCUT2D eigenvalue weighted by atomic mass is 10.0. The SMILES string of the molecule is CCOC(CCNC(=NC)NCCN(CC)CC)C(C)C. The molecule has 0 radical (unpaired) electrons. The van der Waals surface area contributed by atoms with Crippen LogP contribution >= 0.6 is 0 Å². The van der Waals surface area contributed by atoms with E-state index in [4.69, 9.17) is 4.74 Å². The Hall–Kier alpha value is -0.810. The van der Waals surface area contributed by atoms with Gasteiger partial charge in [-0.05, 0) is 32.4 Å². The number of guanidine groups is 1. The molecular formula is C16H36N4O. The summed E-state index contributed by atoms with van der Waals surface area (Å²) in [6.07, 6.45) is 1.32. The van der Waals surface area contributed by atoms with Crippen molar-refractivity contribution < 1.29 is 4.74 Å². The predicted molar refractivity (Wildman–Crippen MR) is 92.0 cm³/mol. The van der Waals surface area contributed by atoms with E-state index in [-0.39, 0.29) is 0 Å². The summed E-state index contributed by atoms with van der Waals surface area (Å²) >= 11 is 0. The quantitative estimate of drug-likeness (QED) is 0.452. The molecule has 0 fully saturated rings. The van der Waals surface area contributed by atoms with E-state index in [9.17, 15) is 0 Å². The van der Waals surface area contributed by atoms with Gasteiger partial charge in [0.1, 0.15) is 0 Å². The fourth-order valence-corrected chi connectivity index (χ4v) is 2.25. The molecule has 0 spiro atoms. The fourth-order valence-electron chi connectivity index (χ4n) is 2.25. The first kappa shape index (κ1) is 20.2. The van der Waals surface area contributed by atoms with Gasteiger partial charge in [0.05, 0.1) is 6.10 Å². The molecule has 0 saturated carbocycles. The minimum absolute atomic E-state index is 0.316. The molecule has 0 aliphatic rings. The van der Waals surface area contributed by atoms with E-state index < -0.39 is 0 Å². The van der Waals surface area contributed by atoms with Gasteiger partial charge in [0.15, 0.2) is 5.96 Å². The number of nitrogens with zero attached hydrogens (tertiary/aromatic N) is 2. The summed E-state index contributed by atoms with van der Waals surface area (Å²) in [5, 5.41) is 6.72. The minimum Gasteiger partial charge on any atom is -0.378 e. The Bertz CT molecular complexity index is 265. The Labute approximate surface area is 131 Å². The molecule has 0 aliphatic heterocycles. The number of nitrogens with one attached hydrogen (secondary N) is 2. The first-order valence-electron chi connectivity index (χ1n) is 8.37. The Morgan fingerprint density at radius 2 is 1.71 bits per heavy atom. The van der Waals surface area contributed by atoms with Crippen LogP contribution in [0.5, 0.6) is 0 Å². The second-order valence-electron chi connectivity index (χ2n) is 5.48. The molecule has 0 aromatic carbocycles. The zero-order valence-corrected chi connectivity index (χ0v) is 14.9. The van der Waals surface area contributed by atoms with Crippen molar-refractivity contribution in [1.82, 2.24) is 15.5 Å². The molecule has 0 heterocycles. The van der Waals surface area contributed by atoms with Gasteiger partial charge in [0.25, 0.3) is 0 Å². The average molecular weight is 300 g/mol. The third kappa shape index (κ3) is 9.69. The summed E-state index contributed by atoms with van der Waals surface area (Å²) in [6.45, 7) is 16.6.